The smallest absolute Gasteiger partial charge is 0.236 e. The van der Waals surface area contributed by atoms with Crippen LogP contribution < -0.4 is 0 Å². The van der Waals surface area contributed by atoms with E-state index in [0.717, 1.165) is 19.4 Å². The molecule has 1 saturated heterocycles. The van der Waals surface area contributed by atoms with Gasteiger partial charge in [-0.3, -0.25) is 4.79 Å². The molecule has 1 atom stereocenters. The van der Waals surface area contributed by atoms with Crippen molar-refractivity contribution >= 4 is 21.8 Å². The Morgan fingerprint density at radius 3 is 2.50 bits per heavy atom. The molecular weight excluding hydrogens is 218 g/mol. The van der Waals surface area contributed by atoms with Crippen LogP contribution in [0.25, 0.3) is 0 Å². The first-order chi connectivity index (χ1) is 5.43. The van der Waals surface area contributed by atoms with E-state index < -0.39 is 0 Å². The number of alkyl halides is 1. The Morgan fingerprint density at radius 2 is 2.08 bits per heavy atom. The molecule has 0 aromatic heterocycles. The maximum atomic E-state index is 11.7. The molecule has 2 nitrogen and oxygen atoms in total. The Morgan fingerprint density at radius 1 is 1.50 bits per heavy atom. The van der Waals surface area contributed by atoms with Gasteiger partial charge in [-0.2, -0.15) is 0 Å². The fourth-order valence-corrected chi connectivity index (χ4v) is 2.07. The number of likely N-dealkylation sites (tertiary alicyclic amines) is 1. The van der Waals surface area contributed by atoms with Gasteiger partial charge in [0.1, 0.15) is 0 Å². The van der Waals surface area contributed by atoms with Crippen molar-refractivity contribution in [1.29, 1.82) is 0 Å². The maximum Gasteiger partial charge on any atom is 0.236 e. The third-order valence-electron chi connectivity index (χ3n) is 2.18. The van der Waals surface area contributed by atoms with Crippen LogP contribution in [0.15, 0.2) is 0 Å². The molecule has 1 heterocycles. The van der Waals surface area contributed by atoms with Gasteiger partial charge in [-0.1, -0.05) is 15.9 Å². The van der Waals surface area contributed by atoms with Crippen molar-refractivity contribution in [1.82, 2.24) is 4.90 Å². The van der Waals surface area contributed by atoms with Gasteiger partial charge in [0, 0.05) is 12.1 Å². The van der Waals surface area contributed by atoms with Gasteiger partial charge in [-0.25, -0.2) is 0 Å². The van der Waals surface area contributed by atoms with Crippen LogP contribution in [0.3, 0.4) is 0 Å². The van der Waals surface area contributed by atoms with Crippen molar-refractivity contribution in [3.63, 3.8) is 0 Å². The molecule has 0 spiro atoms. The van der Waals surface area contributed by atoms with E-state index >= 15 is 0 Å². The van der Waals surface area contributed by atoms with Crippen LogP contribution in [-0.4, -0.2) is 27.7 Å². The molecule has 0 saturated carbocycles. The first-order valence-corrected chi connectivity index (χ1v) is 5.30. The van der Waals surface area contributed by atoms with Crippen molar-refractivity contribution < 1.29 is 4.79 Å². The van der Waals surface area contributed by atoms with Crippen LogP contribution in [0.4, 0.5) is 0 Å². The van der Waals surface area contributed by atoms with E-state index in [4.69, 9.17) is 0 Å². The summed E-state index contributed by atoms with van der Waals surface area (Å²) in [7, 11) is 0. The van der Waals surface area contributed by atoms with Crippen molar-refractivity contribution in [3.05, 3.63) is 0 Å². The molecule has 1 aliphatic rings. The predicted molar refractivity (Wildman–Crippen MR) is 53.4 cm³/mol. The fourth-order valence-electron chi connectivity index (χ4n) is 1.50. The van der Waals surface area contributed by atoms with E-state index in [1.54, 1.807) is 0 Å². The van der Waals surface area contributed by atoms with Gasteiger partial charge in [-0.05, 0) is 33.6 Å². The Kier molecular flexibility index (Phi) is 2.81. The zero-order chi connectivity index (χ0) is 9.35. The van der Waals surface area contributed by atoms with Crippen molar-refractivity contribution in [2.45, 2.75) is 44.0 Å². The summed E-state index contributed by atoms with van der Waals surface area (Å²) in [6, 6.07) is 0. The molecule has 0 aliphatic carbocycles. The van der Waals surface area contributed by atoms with Gasteiger partial charge in [0.15, 0.2) is 0 Å². The quantitative estimate of drug-likeness (QED) is 0.588. The molecule has 0 N–H and O–H groups in total. The van der Waals surface area contributed by atoms with Gasteiger partial charge >= 0.3 is 0 Å². The largest absolute Gasteiger partial charge is 0.337 e. The lowest BCUT2D eigenvalue weighted by Gasteiger charge is -2.40. The minimum absolute atomic E-state index is 0.0243. The minimum atomic E-state index is -0.0243. The van der Waals surface area contributed by atoms with Gasteiger partial charge in [0.05, 0.1) is 4.83 Å². The Bertz CT molecular complexity index is 185. The molecule has 0 radical (unpaired) electrons. The van der Waals surface area contributed by atoms with Crippen LogP contribution in [-0.2, 0) is 4.79 Å². The van der Waals surface area contributed by atoms with Crippen molar-refractivity contribution in [2.75, 3.05) is 6.54 Å². The molecule has 0 aromatic rings. The molecule has 1 fully saturated rings. The molecule has 0 aromatic carbocycles. The molecule has 0 bridgehead atoms. The predicted octanol–water partition coefficient (Wildman–Crippen LogP) is 2.17. The minimum Gasteiger partial charge on any atom is -0.337 e. The number of hydrogen-bond acceptors (Lipinski definition) is 1. The first-order valence-electron chi connectivity index (χ1n) is 4.38. The Balaban J connectivity index is 2.71. The molecule has 1 amide bonds. The topological polar surface area (TPSA) is 20.3 Å². The number of rotatable bonds is 0. The summed E-state index contributed by atoms with van der Waals surface area (Å²) in [4.78, 5) is 13.7. The van der Waals surface area contributed by atoms with Crippen LogP contribution in [0.1, 0.15) is 33.6 Å². The van der Waals surface area contributed by atoms with Gasteiger partial charge in [0.2, 0.25) is 5.91 Å². The second-order valence-electron chi connectivity index (χ2n) is 4.27. The second kappa shape index (κ2) is 3.36. The third-order valence-corrected chi connectivity index (χ3v) is 3.03. The highest BCUT2D eigenvalue weighted by atomic mass is 79.9. The van der Waals surface area contributed by atoms with E-state index in [1.807, 2.05) is 4.90 Å². The lowest BCUT2D eigenvalue weighted by atomic mass is 10.0. The van der Waals surface area contributed by atoms with Gasteiger partial charge < -0.3 is 4.90 Å². The van der Waals surface area contributed by atoms with Crippen LogP contribution in [0, 0.1) is 0 Å². The third kappa shape index (κ3) is 2.00. The average Bonchev–Trinajstić information content (AvgIpc) is 1.92. The standard InChI is InChI=1S/C9H16BrNO/c1-9(2,3)11-6-4-5-7(10)8(11)12/h7H,4-6H2,1-3H3. The number of nitrogens with zero attached hydrogens (tertiary/aromatic N) is 1. The normalized spacial score (nSPS) is 26.2. The monoisotopic (exact) mass is 233 g/mol. The number of amides is 1. The SMILES string of the molecule is CC(C)(C)N1CCCC(Br)C1=O. The summed E-state index contributed by atoms with van der Waals surface area (Å²) in [5.74, 6) is 0.244. The Labute approximate surface area is 82.4 Å². The summed E-state index contributed by atoms with van der Waals surface area (Å²) >= 11 is 3.40. The number of hydrogen-bond donors (Lipinski definition) is 0. The highest BCUT2D eigenvalue weighted by molar-refractivity contribution is 9.10. The summed E-state index contributed by atoms with van der Waals surface area (Å²) in [6.45, 7) is 7.15. The van der Waals surface area contributed by atoms with Gasteiger partial charge in [0.25, 0.3) is 0 Å². The fraction of sp³-hybridized carbons (Fsp3) is 0.889. The summed E-state index contributed by atoms with van der Waals surface area (Å²) in [6.07, 6.45) is 2.09. The summed E-state index contributed by atoms with van der Waals surface area (Å²) < 4.78 is 0. The average molecular weight is 234 g/mol. The van der Waals surface area contributed by atoms with Crippen molar-refractivity contribution in [2.24, 2.45) is 0 Å². The van der Waals surface area contributed by atoms with Crippen LogP contribution in [0.5, 0.6) is 0 Å². The van der Waals surface area contributed by atoms with Gasteiger partial charge in [-0.15, -0.1) is 0 Å². The van der Waals surface area contributed by atoms with E-state index in [9.17, 15) is 4.79 Å². The zero-order valence-electron chi connectivity index (χ0n) is 7.93. The summed E-state index contributed by atoms with van der Waals surface area (Å²) in [5, 5.41) is 0. The molecule has 3 heteroatoms. The molecular formula is C9H16BrNO. The van der Waals surface area contributed by atoms with Crippen molar-refractivity contribution in [3.8, 4) is 0 Å². The second-order valence-corrected chi connectivity index (χ2v) is 5.38. The molecule has 70 valence electrons. The van der Waals surface area contributed by atoms with Crippen LogP contribution >= 0.6 is 15.9 Å². The Hall–Kier alpha value is -0.0500. The highest BCUT2D eigenvalue weighted by Gasteiger charge is 2.33. The molecule has 12 heavy (non-hydrogen) atoms. The lowest BCUT2D eigenvalue weighted by molar-refractivity contribution is -0.137. The maximum absolute atomic E-state index is 11.7. The number of halogens is 1. The number of carbonyl (C=O) groups is 1. The zero-order valence-corrected chi connectivity index (χ0v) is 9.52. The lowest BCUT2D eigenvalue weighted by Crippen LogP contribution is -2.51. The number of piperidine rings is 1. The van der Waals surface area contributed by atoms with E-state index in [-0.39, 0.29) is 16.3 Å². The van der Waals surface area contributed by atoms with E-state index in [2.05, 4.69) is 36.7 Å². The highest BCUT2D eigenvalue weighted by Crippen LogP contribution is 2.24. The first kappa shape index (κ1) is 10.0. The molecule has 1 rings (SSSR count). The molecule has 1 unspecified atom stereocenters. The summed E-state index contributed by atoms with van der Waals surface area (Å²) in [5.41, 5.74) is -0.0243. The van der Waals surface area contributed by atoms with E-state index in [0.29, 0.717) is 0 Å². The van der Waals surface area contributed by atoms with Crippen LogP contribution in [0.2, 0.25) is 0 Å². The number of carbonyl (C=O) groups excluding carboxylic acids is 1. The molecule has 1 aliphatic heterocycles. The van der Waals surface area contributed by atoms with E-state index in [1.165, 1.54) is 0 Å².